The van der Waals surface area contributed by atoms with Gasteiger partial charge in [0, 0.05) is 13.2 Å². The highest BCUT2D eigenvalue weighted by Crippen LogP contribution is 2.28. The molecule has 6 nitrogen and oxygen atoms in total. The van der Waals surface area contributed by atoms with Crippen LogP contribution in [0, 0.1) is 0 Å². The molecule has 0 spiro atoms. The van der Waals surface area contributed by atoms with Crippen LogP contribution in [-0.4, -0.2) is 46.2 Å². The molecule has 0 aliphatic heterocycles. The van der Waals surface area contributed by atoms with Gasteiger partial charge >= 0.3 is 0 Å². The average molecular weight is 346 g/mol. The smallest absolute Gasteiger partial charge is 0.264 e. The van der Waals surface area contributed by atoms with Gasteiger partial charge < -0.3 is 14.2 Å². The number of benzene rings is 1. The molecule has 0 aliphatic rings. The van der Waals surface area contributed by atoms with E-state index in [1.54, 1.807) is 14.2 Å². The van der Waals surface area contributed by atoms with E-state index in [1.165, 1.54) is 5.56 Å². The molecule has 1 aromatic rings. The normalized spacial score (nSPS) is 11.4. The lowest BCUT2D eigenvalue weighted by Crippen LogP contribution is -2.07. The van der Waals surface area contributed by atoms with Crippen molar-refractivity contribution in [1.82, 2.24) is 0 Å². The number of rotatable bonds is 12. The zero-order valence-electron chi connectivity index (χ0n) is 13.8. The van der Waals surface area contributed by atoms with E-state index in [4.69, 9.17) is 18.8 Å². The molecule has 0 aliphatic carbocycles. The zero-order chi connectivity index (χ0) is 17.1. The predicted octanol–water partition coefficient (Wildman–Crippen LogP) is 2.71. The Morgan fingerprint density at radius 3 is 2.30 bits per heavy atom. The van der Waals surface area contributed by atoms with Crippen molar-refractivity contribution >= 4 is 10.1 Å². The Balaban J connectivity index is 2.11. The van der Waals surface area contributed by atoms with E-state index in [2.05, 4.69) is 0 Å². The van der Waals surface area contributed by atoms with Gasteiger partial charge in [-0.1, -0.05) is 12.5 Å². The van der Waals surface area contributed by atoms with Gasteiger partial charge in [-0.15, -0.1) is 0 Å². The van der Waals surface area contributed by atoms with Gasteiger partial charge in [-0.3, -0.25) is 4.55 Å². The molecule has 0 atom stereocenters. The van der Waals surface area contributed by atoms with Crippen LogP contribution in [0.4, 0.5) is 0 Å². The van der Waals surface area contributed by atoms with E-state index in [0.717, 1.165) is 37.2 Å². The first-order valence-corrected chi connectivity index (χ1v) is 9.31. The third kappa shape index (κ3) is 8.78. The second-order valence-electron chi connectivity index (χ2n) is 5.25. The van der Waals surface area contributed by atoms with Crippen LogP contribution in [0.15, 0.2) is 18.2 Å². The Hall–Kier alpha value is -1.31. The van der Waals surface area contributed by atoms with Crippen LogP contribution in [0.2, 0.25) is 0 Å². The summed E-state index contributed by atoms with van der Waals surface area (Å²) in [6.07, 6.45) is 4.29. The van der Waals surface area contributed by atoms with Gasteiger partial charge in [0.25, 0.3) is 10.1 Å². The Bertz CT molecular complexity index is 556. The molecule has 0 saturated heterocycles. The molecule has 0 saturated carbocycles. The maximum Gasteiger partial charge on any atom is 0.264 e. The van der Waals surface area contributed by atoms with Crippen molar-refractivity contribution in [3.05, 3.63) is 23.8 Å². The van der Waals surface area contributed by atoms with Crippen LogP contribution >= 0.6 is 0 Å². The van der Waals surface area contributed by atoms with Crippen molar-refractivity contribution in [3.8, 4) is 11.5 Å². The van der Waals surface area contributed by atoms with Gasteiger partial charge in [-0.2, -0.15) is 8.42 Å². The third-order valence-electron chi connectivity index (χ3n) is 3.39. The van der Waals surface area contributed by atoms with Crippen molar-refractivity contribution < 1.29 is 27.2 Å². The van der Waals surface area contributed by atoms with Crippen LogP contribution in [-0.2, 0) is 21.3 Å². The minimum atomic E-state index is -3.87. The van der Waals surface area contributed by atoms with E-state index >= 15 is 0 Å². The molecule has 1 rings (SSSR count). The summed E-state index contributed by atoms with van der Waals surface area (Å²) >= 11 is 0. The lowest BCUT2D eigenvalue weighted by Gasteiger charge is -2.09. The van der Waals surface area contributed by atoms with Gasteiger partial charge in [0.15, 0.2) is 11.5 Å². The summed E-state index contributed by atoms with van der Waals surface area (Å²) in [7, 11) is -0.622. The highest BCUT2D eigenvalue weighted by Gasteiger charge is 2.05. The van der Waals surface area contributed by atoms with Crippen LogP contribution in [0.25, 0.3) is 0 Å². The van der Waals surface area contributed by atoms with Gasteiger partial charge in [-0.25, -0.2) is 0 Å². The highest BCUT2D eigenvalue weighted by atomic mass is 32.2. The summed E-state index contributed by atoms with van der Waals surface area (Å²) in [5.41, 5.74) is 1.21. The number of ether oxygens (including phenoxy) is 3. The zero-order valence-corrected chi connectivity index (χ0v) is 14.6. The Kier molecular flexibility index (Phi) is 8.98. The summed E-state index contributed by atoms with van der Waals surface area (Å²) in [6, 6.07) is 5.93. The standard InChI is InChI=1S/C16H26O6S/c1-20-15-9-8-14(13-16(15)21-2)7-4-3-5-10-22-11-6-12-23(17,18)19/h8-9,13H,3-7,10-12H2,1-2H3,(H,17,18,19). The molecule has 132 valence electrons. The molecule has 0 heterocycles. The molecule has 7 heteroatoms. The fraction of sp³-hybridized carbons (Fsp3) is 0.625. The minimum absolute atomic E-state index is 0.244. The number of aryl methyl sites for hydroxylation is 1. The van der Waals surface area contributed by atoms with Crippen LogP contribution in [0.3, 0.4) is 0 Å². The molecular formula is C16H26O6S. The average Bonchev–Trinajstić information content (AvgIpc) is 2.52. The van der Waals surface area contributed by atoms with E-state index in [0.29, 0.717) is 19.6 Å². The summed E-state index contributed by atoms with van der Waals surface area (Å²) in [6.45, 7) is 0.965. The van der Waals surface area contributed by atoms with Crippen LogP contribution in [0.5, 0.6) is 11.5 Å². The van der Waals surface area contributed by atoms with Gasteiger partial charge in [0.1, 0.15) is 0 Å². The number of hydrogen-bond acceptors (Lipinski definition) is 5. The first-order valence-electron chi connectivity index (χ1n) is 7.70. The Morgan fingerprint density at radius 1 is 0.957 bits per heavy atom. The van der Waals surface area contributed by atoms with E-state index in [-0.39, 0.29) is 5.75 Å². The molecule has 0 amide bonds. The van der Waals surface area contributed by atoms with Gasteiger partial charge in [0.2, 0.25) is 0 Å². The lowest BCUT2D eigenvalue weighted by atomic mass is 10.1. The van der Waals surface area contributed by atoms with Crippen LogP contribution in [0.1, 0.15) is 31.2 Å². The second-order valence-corrected chi connectivity index (χ2v) is 6.82. The fourth-order valence-corrected chi connectivity index (χ4v) is 2.67. The van der Waals surface area contributed by atoms with Gasteiger partial charge in [-0.05, 0) is 43.4 Å². The van der Waals surface area contributed by atoms with Crippen molar-refractivity contribution in [2.45, 2.75) is 32.1 Å². The Morgan fingerprint density at radius 2 is 1.65 bits per heavy atom. The summed E-state index contributed by atoms with van der Waals surface area (Å²) in [5.74, 6) is 1.23. The summed E-state index contributed by atoms with van der Waals surface area (Å²) < 4.78 is 45.4. The first kappa shape index (κ1) is 19.7. The topological polar surface area (TPSA) is 82.1 Å². The quantitative estimate of drug-likeness (QED) is 0.463. The van der Waals surface area contributed by atoms with Crippen molar-refractivity contribution in [2.24, 2.45) is 0 Å². The molecule has 0 aromatic heterocycles. The highest BCUT2D eigenvalue weighted by molar-refractivity contribution is 7.85. The van der Waals surface area contributed by atoms with E-state index < -0.39 is 10.1 Å². The lowest BCUT2D eigenvalue weighted by molar-refractivity contribution is 0.130. The van der Waals surface area contributed by atoms with Crippen LogP contribution < -0.4 is 9.47 Å². The molecule has 0 fully saturated rings. The maximum absolute atomic E-state index is 10.5. The van der Waals surface area contributed by atoms with E-state index in [1.807, 2.05) is 18.2 Å². The molecule has 0 bridgehead atoms. The molecule has 23 heavy (non-hydrogen) atoms. The number of hydrogen-bond donors (Lipinski definition) is 1. The van der Waals surface area contributed by atoms with Crippen molar-refractivity contribution in [1.29, 1.82) is 0 Å². The monoisotopic (exact) mass is 346 g/mol. The molecular weight excluding hydrogens is 320 g/mol. The van der Waals surface area contributed by atoms with Crippen molar-refractivity contribution in [3.63, 3.8) is 0 Å². The number of unbranched alkanes of at least 4 members (excludes halogenated alkanes) is 2. The largest absolute Gasteiger partial charge is 0.493 e. The first-order chi connectivity index (χ1) is 11.0. The minimum Gasteiger partial charge on any atom is -0.493 e. The van der Waals surface area contributed by atoms with E-state index in [9.17, 15) is 8.42 Å². The number of methoxy groups -OCH3 is 2. The molecule has 1 aromatic carbocycles. The SMILES string of the molecule is COc1ccc(CCCCCOCCCS(=O)(=O)O)cc1OC. The molecule has 0 radical (unpaired) electrons. The predicted molar refractivity (Wildman–Crippen MR) is 89.0 cm³/mol. The third-order valence-corrected chi connectivity index (χ3v) is 4.20. The molecule has 1 N–H and O–H groups in total. The fourth-order valence-electron chi connectivity index (χ4n) is 2.19. The maximum atomic E-state index is 10.5. The summed E-state index contributed by atoms with van der Waals surface area (Å²) in [5, 5.41) is 0. The second kappa shape index (κ2) is 10.5. The van der Waals surface area contributed by atoms with Gasteiger partial charge in [0.05, 0.1) is 20.0 Å². The Labute approximate surface area is 138 Å². The summed E-state index contributed by atoms with van der Waals surface area (Å²) in [4.78, 5) is 0. The molecule has 0 unspecified atom stereocenters. The van der Waals surface area contributed by atoms with Crippen molar-refractivity contribution in [2.75, 3.05) is 33.2 Å².